The molecule has 0 spiro atoms. The molecule has 0 saturated heterocycles. The van der Waals surface area contributed by atoms with Gasteiger partial charge in [-0.3, -0.25) is 4.79 Å². The second-order valence-electron chi connectivity index (χ2n) is 4.69. The standard InChI is InChI=1S/C15H18FNO4/c1-10(18)6-7-13(15(20)21-2)17-14(19)9-11-4-3-5-12(16)8-11/h3-5,8,13H,6-7,9H2,1-2H3,(H,17,19)/t13-/m1/s1. The summed E-state index contributed by atoms with van der Waals surface area (Å²) < 4.78 is 17.6. The zero-order chi connectivity index (χ0) is 15.8. The van der Waals surface area contributed by atoms with Crippen molar-refractivity contribution >= 4 is 17.7 Å². The highest BCUT2D eigenvalue weighted by molar-refractivity contribution is 5.86. The second-order valence-corrected chi connectivity index (χ2v) is 4.69. The van der Waals surface area contributed by atoms with E-state index in [2.05, 4.69) is 10.1 Å². The Kier molecular flexibility index (Phi) is 6.52. The van der Waals surface area contributed by atoms with Crippen LogP contribution >= 0.6 is 0 Å². The van der Waals surface area contributed by atoms with Crippen molar-refractivity contribution in [2.45, 2.75) is 32.2 Å². The smallest absolute Gasteiger partial charge is 0.328 e. The fourth-order valence-electron chi connectivity index (χ4n) is 1.82. The molecule has 0 bridgehead atoms. The maximum Gasteiger partial charge on any atom is 0.328 e. The molecule has 1 aromatic carbocycles. The van der Waals surface area contributed by atoms with Crippen molar-refractivity contribution in [2.75, 3.05) is 7.11 Å². The molecule has 0 radical (unpaired) electrons. The number of ether oxygens (including phenoxy) is 1. The van der Waals surface area contributed by atoms with Crippen LogP contribution in [0.15, 0.2) is 24.3 Å². The number of halogens is 1. The Morgan fingerprint density at radius 3 is 2.62 bits per heavy atom. The molecule has 21 heavy (non-hydrogen) atoms. The Balaban J connectivity index is 2.62. The van der Waals surface area contributed by atoms with Crippen LogP contribution in [0.1, 0.15) is 25.3 Å². The number of rotatable bonds is 7. The number of methoxy groups -OCH3 is 1. The van der Waals surface area contributed by atoms with Gasteiger partial charge in [-0.2, -0.15) is 0 Å². The van der Waals surface area contributed by atoms with Crippen LogP contribution in [0.4, 0.5) is 4.39 Å². The van der Waals surface area contributed by atoms with Gasteiger partial charge < -0.3 is 14.8 Å². The van der Waals surface area contributed by atoms with Gasteiger partial charge in [-0.05, 0) is 31.0 Å². The lowest BCUT2D eigenvalue weighted by Crippen LogP contribution is -2.42. The topological polar surface area (TPSA) is 72.5 Å². The summed E-state index contributed by atoms with van der Waals surface area (Å²) in [5, 5.41) is 2.50. The fourth-order valence-corrected chi connectivity index (χ4v) is 1.82. The molecular formula is C15H18FNO4. The Hall–Kier alpha value is -2.24. The maximum absolute atomic E-state index is 13.0. The van der Waals surface area contributed by atoms with Crippen molar-refractivity contribution in [1.29, 1.82) is 0 Å². The molecule has 1 rings (SSSR count). The monoisotopic (exact) mass is 295 g/mol. The van der Waals surface area contributed by atoms with E-state index in [1.165, 1.54) is 32.2 Å². The molecule has 0 saturated carbocycles. The summed E-state index contributed by atoms with van der Waals surface area (Å²) in [6.07, 6.45) is 0.294. The minimum atomic E-state index is -0.875. The normalized spacial score (nSPS) is 11.6. The van der Waals surface area contributed by atoms with Crippen molar-refractivity contribution in [3.05, 3.63) is 35.6 Å². The van der Waals surface area contributed by atoms with E-state index < -0.39 is 23.7 Å². The van der Waals surface area contributed by atoms with Crippen LogP contribution < -0.4 is 5.32 Å². The SMILES string of the molecule is COC(=O)[C@@H](CCC(C)=O)NC(=O)Cc1cccc(F)c1. The van der Waals surface area contributed by atoms with Crippen molar-refractivity contribution in [2.24, 2.45) is 0 Å². The Morgan fingerprint density at radius 1 is 1.33 bits per heavy atom. The molecule has 0 fully saturated rings. The number of Topliss-reactive ketones (excluding diaryl/α,β-unsaturated/α-hetero) is 1. The predicted octanol–water partition coefficient (Wildman–Crippen LogP) is 1.40. The van der Waals surface area contributed by atoms with Crippen LogP contribution in [0.2, 0.25) is 0 Å². The van der Waals surface area contributed by atoms with Gasteiger partial charge in [-0.1, -0.05) is 12.1 Å². The summed E-state index contributed by atoms with van der Waals surface area (Å²) >= 11 is 0. The van der Waals surface area contributed by atoms with Crippen LogP contribution in [0.25, 0.3) is 0 Å². The fraction of sp³-hybridized carbons (Fsp3) is 0.400. The number of benzene rings is 1. The zero-order valence-electron chi connectivity index (χ0n) is 12.0. The average Bonchev–Trinajstić information content (AvgIpc) is 2.42. The van der Waals surface area contributed by atoms with Gasteiger partial charge in [-0.15, -0.1) is 0 Å². The highest BCUT2D eigenvalue weighted by Gasteiger charge is 2.21. The molecule has 0 aromatic heterocycles. The summed E-state index contributed by atoms with van der Waals surface area (Å²) in [5.41, 5.74) is 0.502. The number of carbonyl (C=O) groups is 3. The van der Waals surface area contributed by atoms with E-state index >= 15 is 0 Å². The van der Waals surface area contributed by atoms with Gasteiger partial charge in [0, 0.05) is 6.42 Å². The van der Waals surface area contributed by atoms with E-state index in [9.17, 15) is 18.8 Å². The number of nitrogens with one attached hydrogen (secondary N) is 1. The lowest BCUT2D eigenvalue weighted by Gasteiger charge is -2.15. The molecule has 6 heteroatoms. The molecule has 0 aliphatic carbocycles. The summed E-state index contributed by atoms with van der Waals surface area (Å²) in [4.78, 5) is 34.4. The number of carbonyl (C=O) groups excluding carboxylic acids is 3. The number of esters is 1. The lowest BCUT2D eigenvalue weighted by atomic mass is 10.1. The summed E-state index contributed by atoms with van der Waals surface area (Å²) in [6.45, 7) is 1.41. The number of amides is 1. The third kappa shape index (κ3) is 6.16. The van der Waals surface area contributed by atoms with Crippen LogP contribution in [0.5, 0.6) is 0 Å². The first kappa shape index (κ1) is 16.8. The first-order valence-corrected chi connectivity index (χ1v) is 6.53. The largest absolute Gasteiger partial charge is 0.467 e. The highest BCUT2D eigenvalue weighted by atomic mass is 19.1. The third-order valence-electron chi connectivity index (χ3n) is 2.86. The number of hydrogen-bond donors (Lipinski definition) is 1. The van der Waals surface area contributed by atoms with Gasteiger partial charge in [0.25, 0.3) is 0 Å². The maximum atomic E-state index is 13.0. The van der Waals surface area contributed by atoms with E-state index in [-0.39, 0.29) is 25.0 Å². The molecule has 1 amide bonds. The number of hydrogen-bond acceptors (Lipinski definition) is 4. The Bertz CT molecular complexity index is 530. The molecule has 114 valence electrons. The highest BCUT2D eigenvalue weighted by Crippen LogP contribution is 2.06. The predicted molar refractivity (Wildman–Crippen MR) is 74.0 cm³/mol. The van der Waals surface area contributed by atoms with Crippen LogP contribution in [0, 0.1) is 5.82 Å². The van der Waals surface area contributed by atoms with Gasteiger partial charge in [-0.25, -0.2) is 9.18 Å². The molecule has 0 aliphatic heterocycles. The lowest BCUT2D eigenvalue weighted by molar-refractivity contribution is -0.145. The Labute approximate surface area is 122 Å². The summed E-state index contributed by atoms with van der Waals surface area (Å²) in [7, 11) is 1.21. The van der Waals surface area contributed by atoms with Gasteiger partial charge in [0.15, 0.2) is 0 Å². The van der Waals surface area contributed by atoms with Gasteiger partial charge >= 0.3 is 5.97 Å². The van der Waals surface area contributed by atoms with E-state index in [4.69, 9.17) is 0 Å². The van der Waals surface area contributed by atoms with Gasteiger partial charge in [0.05, 0.1) is 13.5 Å². The van der Waals surface area contributed by atoms with Crippen LogP contribution in [-0.2, 0) is 25.5 Å². The first-order chi connectivity index (χ1) is 9.92. The van der Waals surface area contributed by atoms with E-state index in [0.29, 0.717) is 5.56 Å². The zero-order valence-corrected chi connectivity index (χ0v) is 12.0. The van der Waals surface area contributed by atoms with Crippen molar-refractivity contribution in [3.8, 4) is 0 Å². The molecule has 1 aromatic rings. The third-order valence-corrected chi connectivity index (χ3v) is 2.86. The summed E-state index contributed by atoms with van der Waals surface area (Å²) in [5.74, 6) is -1.55. The van der Waals surface area contributed by atoms with Crippen molar-refractivity contribution in [3.63, 3.8) is 0 Å². The molecule has 0 heterocycles. The minimum Gasteiger partial charge on any atom is -0.467 e. The molecule has 0 aliphatic rings. The molecule has 1 atom stereocenters. The van der Waals surface area contributed by atoms with Crippen molar-refractivity contribution in [1.82, 2.24) is 5.32 Å². The van der Waals surface area contributed by atoms with E-state index in [1.807, 2.05) is 0 Å². The van der Waals surface area contributed by atoms with E-state index in [0.717, 1.165) is 0 Å². The summed E-state index contributed by atoms with van der Waals surface area (Å²) in [6, 6.07) is 4.78. The van der Waals surface area contributed by atoms with Gasteiger partial charge in [0.2, 0.25) is 5.91 Å². The molecular weight excluding hydrogens is 277 g/mol. The average molecular weight is 295 g/mol. The first-order valence-electron chi connectivity index (χ1n) is 6.53. The number of ketones is 1. The quantitative estimate of drug-likeness (QED) is 0.772. The Morgan fingerprint density at radius 2 is 2.05 bits per heavy atom. The molecule has 5 nitrogen and oxygen atoms in total. The molecule has 0 unspecified atom stereocenters. The van der Waals surface area contributed by atoms with E-state index in [1.54, 1.807) is 6.07 Å². The van der Waals surface area contributed by atoms with Crippen LogP contribution in [0.3, 0.4) is 0 Å². The molecule has 1 N–H and O–H groups in total. The second kappa shape index (κ2) is 8.14. The van der Waals surface area contributed by atoms with Crippen molar-refractivity contribution < 1.29 is 23.5 Å². The van der Waals surface area contributed by atoms with Gasteiger partial charge in [0.1, 0.15) is 17.6 Å². The minimum absolute atomic E-state index is 0.0503. The van der Waals surface area contributed by atoms with Crippen LogP contribution in [-0.4, -0.2) is 30.8 Å².